The lowest BCUT2D eigenvalue weighted by Gasteiger charge is -2.07. The second-order valence-corrected chi connectivity index (χ2v) is 6.02. The minimum atomic E-state index is -0.107. The maximum Gasteiger partial charge on any atom is 0.253 e. The number of carbonyl (C=O) groups excluding carboxylic acids is 1. The molecule has 128 valence electrons. The summed E-state index contributed by atoms with van der Waals surface area (Å²) in [4.78, 5) is 16.8. The second-order valence-electron chi connectivity index (χ2n) is 6.02. The first-order chi connectivity index (χ1) is 12.8. The van der Waals surface area contributed by atoms with Crippen LogP contribution >= 0.6 is 0 Å². The Morgan fingerprint density at radius 3 is 2.73 bits per heavy atom. The SMILES string of the molecule is O=C(NCCc1cnn(-c2ccccc2)c1)c1cccc2cccnc12. The Kier molecular flexibility index (Phi) is 4.43. The molecule has 4 rings (SSSR count). The van der Waals surface area contributed by atoms with Gasteiger partial charge in [0.1, 0.15) is 0 Å². The van der Waals surface area contributed by atoms with Crippen molar-refractivity contribution in [3.05, 3.63) is 90.4 Å². The number of nitrogens with zero attached hydrogens (tertiary/aromatic N) is 3. The van der Waals surface area contributed by atoms with E-state index in [-0.39, 0.29) is 5.91 Å². The number of para-hydroxylation sites is 2. The van der Waals surface area contributed by atoms with E-state index < -0.39 is 0 Å². The molecule has 0 saturated carbocycles. The molecule has 1 amide bonds. The predicted molar refractivity (Wildman–Crippen MR) is 101 cm³/mol. The minimum Gasteiger partial charge on any atom is -0.352 e. The fourth-order valence-electron chi connectivity index (χ4n) is 2.91. The Morgan fingerprint density at radius 2 is 1.85 bits per heavy atom. The van der Waals surface area contributed by atoms with Crippen molar-refractivity contribution < 1.29 is 4.79 Å². The molecular weight excluding hydrogens is 324 g/mol. The first-order valence-electron chi connectivity index (χ1n) is 8.52. The highest BCUT2D eigenvalue weighted by atomic mass is 16.1. The van der Waals surface area contributed by atoms with Crippen molar-refractivity contribution in [2.75, 3.05) is 6.54 Å². The standard InChI is InChI=1S/C21H18N4O/c26-21(19-10-4-6-17-7-5-12-22-20(17)19)23-13-11-16-14-24-25(15-16)18-8-2-1-3-9-18/h1-10,12,14-15H,11,13H2,(H,23,26). The van der Waals surface area contributed by atoms with Gasteiger partial charge in [0.2, 0.25) is 0 Å². The van der Waals surface area contributed by atoms with Crippen molar-refractivity contribution in [2.45, 2.75) is 6.42 Å². The van der Waals surface area contributed by atoms with E-state index in [1.54, 1.807) is 12.3 Å². The molecule has 0 saturated heterocycles. The number of rotatable bonds is 5. The number of aromatic nitrogens is 3. The summed E-state index contributed by atoms with van der Waals surface area (Å²) in [7, 11) is 0. The molecule has 0 aliphatic carbocycles. The third-order valence-electron chi connectivity index (χ3n) is 4.23. The molecule has 0 aliphatic heterocycles. The number of benzene rings is 2. The lowest BCUT2D eigenvalue weighted by atomic mass is 10.1. The maximum atomic E-state index is 12.5. The average molecular weight is 342 g/mol. The van der Waals surface area contributed by atoms with Gasteiger partial charge in [-0.25, -0.2) is 4.68 Å². The van der Waals surface area contributed by atoms with Gasteiger partial charge < -0.3 is 5.32 Å². The molecule has 26 heavy (non-hydrogen) atoms. The van der Waals surface area contributed by atoms with E-state index in [9.17, 15) is 4.79 Å². The first-order valence-corrected chi connectivity index (χ1v) is 8.52. The van der Waals surface area contributed by atoms with Gasteiger partial charge >= 0.3 is 0 Å². The van der Waals surface area contributed by atoms with Crippen LogP contribution in [0.4, 0.5) is 0 Å². The Balaban J connectivity index is 1.40. The molecule has 5 heteroatoms. The van der Waals surface area contributed by atoms with Crippen LogP contribution < -0.4 is 5.32 Å². The summed E-state index contributed by atoms with van der Waals surface area (Å²) < 4.78 is 1.84. The van der Waals surface area contributed by atoms with Crippen molar-refractivity contribution in [1.29, 1.82) is 0 Å². The van der Waals surface area contributed by atoms with Crippen LogP contribution in [-0.4, -0.2) is 27.2 Å². The zero-order valence-electron chi connectivity index (χ0n) is 14.2. The molecule has 0 spiro atoms. The quantitative estimate of drug-likeness (QED) is 0.605. The number of carbonyl (C=O) groups is 1. The van der Waals surface area contributed by atoms with Crippen molar-refractivity contribution in [2.24, 2.45) is 0 Å². The van der Waals surface area contributed by atoms with Crippen molar-refractivity contribution in [3.63, 3.8) is 0 Å². The monoisotopic (exact) mass is 342 g/mol. The number of hydrogen-bond donors (Lipinski definition) is 1. The van der Waals surface area contributed by atoms with Gasteiger partial charge in [-0.3, -0.25) is 9.78 Å². The topological polar surface area (TPSA) is 59.8 Å². The molecule has 4 aromatic rings. The highest BCUT2D eigenvalue weighted by molar-refractivity contribution is 6.05. The van der Waals surface area contributed by atoms with Crippen LogP contribution in [0.1, 0.15) is 15.9 Å². The molecule has 2 heterocycles. The lowest BCUT2D eigenvalue weighted by molar-refractivity contribution is 0.0955. The van der Waals surface area contributed by atoms with Gasteiger partial charge in [0, 0.05) is 24.3 Å². The Morgan fingerprint density at radius 1 is 1.00 bits per heavy atom. The van der Waals surface area contributed by atoms with Gasteiger partial charge in [-0.2, -0.15) is 5.10 Å². The van der Waals surface area contributed by atoms with Crippen LogP contribution in [0.5, 0.6) is 0 Å². The number of fused-ring (bicyclic) bond motifs is 1. The minimum absolute atomic E-state index is 0.107. The van der Waals surface area contributed by atoms with E-state index in [0.29, 0.717) is 12.1 Å². The number of amides is 1. The van der Waals surface area contributed by atoms with Crippen LogP contribution in [-0.2, 0) is 6.42 Å². The normalized spacial score (nSPS) is 10.8. The molecule has 0 unspecified atom stereocenters. The van der Waals surface area contributed by atoms with Crippen LogP contribution in [0.15, 0.2) is 79.3 Å². The Bertz CT molecular complexity index is 1030. The van der Waals surface area contributed by atoms with E-state index in [4.69, 9.17) is 0 Å². The average Bonchev–Trinajstić information content (AvgIpc) is 3.17. The highest BCUT2D eigenvalue weighted by Gasteiger charge is 2.10. The summed E-state index contributed by atoms with van der Waals surface area (Å²) in [5.41, 5.74) is 3.42. The molecule has 1 N–H and O–H groups in total. The molecule has 2 aromatic heterocycles. The summed E-state index contributed by atoms with van der Waals surface area (Å²) in [6, 6.07) is 19.4. The van der Waals surface area contributed by atoms with Crippen molar-refractivity contribution in [1.82, 2.24) is 20.1 Å². The first kappa shape index (κ1) is 16.0. The fraction of sp³-hybridized carbons (Fsp3) is 0.0952. The fourth-order valence-corrected chi connectivity index (χ4v) is 2.91. The van der Waals surface area contributed by atoms with Crippen molar-refractivity contribution in [3.8, 4) is 5.69 Å². The third kappa shape index (κ3) is 3.32. The molecule has 0 atom stereocenters. The molecular formula is C21H18N4O. The van der Waals surface area contributed by atoms with Gasteiger partial charge in [-0.05, 0) is 36.2 Å². The summed E-state index contributed by atoms with van der Waals surface area (Å²) >= 11 is 0. The molecule has 2 aromatic carbocycles. The zero-order valence-corrected chi connectivity index (χ0v) is 14.2. The zero-order chi connectivity index (χ0) is 17.8. The summed E-state index contributed by atoms with van der Waals surface area (Å²) in [6.45, 7) is 0.544. The number of nitrogens with one attached hydrogen (secondary N) is 1. The lowest BCUT2D eigenvalue weighted by Crippen LogP contribution is -2.26. The molecule has 5 nitrogen and oxygen atoms in total. The van der Waals surface area contributed by atoms with Gasteiger partial charge in [-0.15, -0.1) is 0 Å². The van der Waals surface area contributed by atoms with Gasteiger partial charge in [0.05, 0.1) is 23.0 Å². The predicted octanol–water partition coefficient (Wildman–Crippen LogP) is 3.39. The largest absolute Gasteiger partial charge is 0.352 e. The summed E-state index contributed by atoms with van der Waals surface area (Å²) in [6.07, 6.45) is 6.24. The van der Waals surface area contributed by atoms with Crippen molar-refractivity contribution >= 4 is 16.8 Å². The van der Waals surface area contributed by atoms with Gasteiger partial charge in [0.15, 0.2) is 0 Å². The number of pyridine rings is 1. The molecule has 0 bridgehead atoms. The van der Waals surface area contributed by atoms with Crippen LogP contribution in [0.2, 0.25) is 0 Å². The van der Waals surface area contributed by atoms with E-state index in [2.05, 4.69) is 15.4 Å². The molecule has 0 aliphatic rings. The van der Waals surface area contributed by atoms with Crippen LogP contribution in [0.25, 0.3) is 16.6 Å². The van der Waals surface area contributed by atoms with E-state index in [1.807, 2.05) is 71.7 Å². The highest BCUT2D eigenvalue weighted by Crippen LogP contribution is 2.15. The molecule has 0 radical (unpaired) electrons. The van der Waals surface area contributed by atoms with Crippen LogP contribution in [0.3, 0.4) is 0 Å². The van der Waals surface area contributed by atoms with E-state index in [1.165, 1.54) is 0 Å². The van der Waals surface area contributed by atoms with Crippen LogP contribution in [0, 0.1) is 0 Å². The van der Waals surface area contributed by atoms with E-state index in [0.717, 1.165) is 28.6 Å². The molecule has 0 fully saturated rings. The Hall–Kier alpha value is -3.47. The number of hydrogen-bond acceptors (Lipinski definition) is 3. The van der Waals surface area contributed by atoms with E-state index >= 15 is 0 Å². The summed E-state index contributed by atoms with van der Waals surface area (Å²) in [5, 5.41) is 8.31. The maximum absolute atomic E-state index is 12.5. The van der Waals surface area contributed by atoms with Gasteiger partial charge in [-0.1, -0.05) is 36.4 Å². The second kappa shape index (κ2) is 7.19. The third-order valence-corrected chi connectivity index (χ3v) is 4.23. The Labute approximate surface area is 151 Å². The smallest absolute Gasteiger partial charge is 0.253 e. The summed E-state index contributed by atoms with van der Waals surface area (Å²) in [5.74, 6) is -0.107. The van der Waals surface area contributed by atoms with Gasteiger partial charge in [0.25, 0.3) is 5.91 Å².